The van der Waals surface area contributed by atoms with E-state index in [0.29, 0.717) is 18.7 Å². The second-order valence-corrected chi connectivity index (χ2v) is 7.00. The monoisotopic (exact) mass is 367 g/mol. The molecule has 2 aromatic carbocycles. The minimum atomic E-state index is -0.0910. The Kier molecular flexibility index (Phi) is 5.76. The number of ether oxygens (including phenoxy) is 1. The second-order valence-electron chi connectivity index (χ2n) is 7.00. The van der Waals surface area contributed by atoms with Crippen LogP contribution < -0.4 is 15.0 Å². The van der Waals surface area contributed by atoms with E-state index >= 15 is 0 Å². The van der Waals surface area contributed by atoms with Crippen LogP contribution in [0.15, 0.2) is 42.5 Å². The quantitative estimate of drug-likeness (QED) is 0.850. The van der Waals surface area contributed by atoms with Gasteiger partial charge in [0.15, 0.2) is 6.61 Å². The molecular weight excluding hydrogens is 342 g/mol. The molecule has 142 valence electrons. The van der Waals surface area contributed by atoms with Crippen molar-refractivity contribution in [2.75, 3.05) is 38.7 Å². The average Bonchev–Trinajstić information content (AvgIpc) is 2.64. The second kappa shape index (κ2) is 8.22. The molecule has 0 fully saturated rings. The third kappa shape index (κ3) is 4.65. The number of nitrogens with one attached hydrogen (secondary N) is 1. The maximum atomic E-state index is 12.3. The molecule has 0 aliphatic carbocycles. The number of benzene rings is 2. The van der Waals surface area contributed by atoms with Gasteiger partial charge < -0.3 is 19.9 Å². The summed E-state index contributed by atoms with van der Waals surface area (Å²) in [5.41, 5.74) is 3.44. The minimum Gasteiger partial charge on any atom is -0.482 e. The third-order valence-corrected chi connectivity index (χ3v) is 4.46. The molecule has 6 nitrogen and oxygen atoms in total. The predicted molar refractivity (Wildman–Crippen MR) is 105 cm³/mol. The fourth-order valence-corrected chi connectivity index (χ4v) is 2.92. The number of hydrogen-bond acceptors (Lipinski definition) is 4. The topological polar surface area (TPSA) is 61.9 Å². The summed E-state index contributed by atoms with van der Waals surface area (Å²) in [5.74, 6) is 0.565. The summed E-state index contributed by atoms with van der Waals surface area (Å²) in [6, 6.07) is 13.2. The normalized spacial score (nSPS) is 13.3. The van der Waals surface area contributed by atoms with Crippen molar-refractivity contribution in [2.45, 2.75) is 13.5 Å². The van der Waals surface area contributed by atoms with Gasteiger partial charge in [0.1, 0.15) is 5.75 Å². The van der Waals surface area contributed by atoms with Crippen LogP contribution in [0.3, 0.4) is 0 Å². The molecule has 1 aliphatic heterocycles. The highest BCUT2D eigenvalue weighted by Gasteiger charge is 2.25. The van der Waals surface area contributed by atoms with E-state index in [-0.39, 0.29) is 18.4 Å². The van der Waals surface area contributed by atoms with Gasteiger partial charge in [0.2, 0.25) is 0 Å². The van der Waals surface area contributed by atoms with Gasteiger partial charge in [-0.1, -0.05) is 18.2 Å². The van der Waals surface area contributed by atoms with Gasteiger partial charge in [0.25, 0.3) is 11.8 Å². The van der Waals surface area contributed by atoms with E-state index in [9.17, 15) is 9.59 Å². The van der Waals surface area contributed by atoms with Crippen molar-refractivity contribution in [3.05, 3.63) is 59.2 Å². The van der Waals surface area contributed by atoms with Crippen LogP contribution in [0.5, 0.6) is 5.75 Å². The highest BCUT2D eigenvalue weighted by atomic mass is 16.5. The van der Waals surface area contributed by atoms with E-state index in [2.05, 4.69) is 5.32 Å². The van der Waals surface area contributed by atoms with Crippen LogP contribution in [0, 0.1) is 6.92 Å². The number of amides is 2. The number of carbonyl (C=O) groups is 2. The minimum absolute atomic E-state index is 0.0445. The van der Waals surface area contributed by atoms with Gasteiger partial charge in [-0.05, 0) is 56.4 Å². The lowest BCUT2D eigenvalue weighted by atomic mass is 10.1. The number of anilines is 1. The summed E-state index contributed by atoms with van der Waals surface area (Å²) < 4.78 is 5.54. The van der Waals surface area contributed by atoms with Crippen LogP contribution in [-0.4, -0.2) is 50.5 Å². The highest BCUT2D eigenvalue weighted by Crippen LogP contribution is 2.33. The number of rotatable bonds is 6. The fraction of sp³-hybridized carbons (Fsp3) is 0.333. The Morgan fingerprint density at radius 3 is 2.63 bits per heavy atom. The standard InChI is InChI=1S/C21H25N3O3/c1-15-4-9-18-19(12-15)27-14-20(25)24(18)13-16-5-7-17(8-6-16)21(26)22-10-11-23(2)3/h4-9,12H,10-11,13-14H2,1-3H3,(H,22,26). The van der Waals surface area contributed by atoms with Crippen LogP contribution in [0.25, 0.3) is 0 Å². The van der Waals surface area contributed by atoms with Gasteiger partial charge in [-0.3, -0.25) is 9.59 Å². The van der Waals surface area contributed by atoms with Crippen LogP contribution >= 0.6 is 0 Å². The molecule has 0 aromatic heterocycles. The number of aryl methyl sites for hydroxylation is 1. The molecule has 1 heterocycles. The molecule has 0 atom stereocenters. The molecule has 0 bridgehead atoms. The van der Waals surface area contributed by atoms with Gasteiger partial charge in [0.05, 0.1) is 12.2 Å². The smallest absolute Gasteiger partial charge is 0.265 e. The van der Waals surface area contributed by atoms with Crippen LogP contribution in [0.1, 0.15) is 21.5 Å². The van der Waals surface area contributed by atoms with Crippen LogP contribution in [0.2, 0.25) is 0 Å². The molecule has 0 radical (unpaired) electrons. The van der Waals surface area contributed by atoms with E-state index in [1.165, 1.54) is 0 Å². The van der Waals surface area contributed by atoms with Gasteiger partial charge in [-0.25, -0.2) is 0 Å². The third-order valence-electron chi connectivity index (χ3n) is 4.46. The Bertz CT molecular complexity index is 831. The molecule has 27 heavy (non-hydrogen) atoms. The number of hydrogen-bond donors (Lipinski definition) is 1. The van der Waals surface area contributed by atoms with E-state index in [4.69, 9.17) is 4.74 Å². The van der Waals surface area contributed by atoms with Crippen molar-refractivity contribution in [1.29, 1.82) is 0 Å². The molecule has 0 saturated carbocycles. The molecule has 0 saturated heterocycles. The summed E-state index contributed by atoms with van der Waals surface area (Å²) >= 11 is 0. The van der Waals surface area contributed by atoms with Gasteiger partial charge >= 0.3 is 0 Å². The Morgan fingerprint density at radius 2 is 1.93 bits per heavy atom. The molecular formula is C21H25N3O3. The summed E-state index contributed by atoms with van der Waals surface area (Å²) in [6.45, 7) is 3.88. The molecule has 0 spiro atoms. The van der Waals surface area contributed by atoms with Gasteiger partial charge in [0, 0.05) is 18.7 Å². The van der Waals surface area contributed by atoms with E-state index in [0.717, 1.165) is 29.1 Å². The maximum absolute atomic E-state index is 12.3. The van der Waals surface area contributed by atoms with Crippen molar-refractivity contribution < 1.29 is 14.3 Å². The zero-order valence-electron chi connectivity index (χ0n) is 16.0. The largest absolute Gasteiger partial charge is 0.482 e. The molecule has 1 N–H and O–H groups in total. The lowest BCUT2D eigenvalue weighted by Crippen LogP contribution is -2.38. The molecule has 2 aromatic rings. The lowest BCUT2D eigenvalue weighted by Gasteiger charge is -2.29. The number of nitrogens with zero attached hydrogens (tertiary/aromatic N) is 2. The highest BCUT2D eigenvalue weighted by molar-refractivity contribution is 5.98. The number of carbonyl (C=O) groups excluding carboxylic acids is 2. The maximum Gasteiger partial charge on any atom is 0.265 e. The van der Waals surface area contributed by atoms with Crippen molar-refractivity contribution in [1.82, 2.24) is 10.2 Å². The Labute approximate surface area is 159 Å². The zero-order valence-corrected chi connectivity index (χ0v) is 16.0. The Balaban J connectivity index is 1.68. The summed E-state index contributed by atoms with van der Waals surface area (Å²) in [4.78, 5) is 28.2. The SMILES string of the molecule is Cc1ccc2c(c1)OCC(=O)N2Cc1ccc(C(=O)NCCN(C)C)cc1. The van der Waals surface area contributed by atoms with E-state index in [1.54, 1.807) is 17.0 Å². The van der Waals surface area contributed by atoms with Crippen molar-refractivity contribution >= 4 is 17.5 Å². The number of likely N-dealkylation sites (N-methyl/N-ethyl adjacent to an activating group) is 1. The summed E-state index contributed by atoms with van der Waals surface area (Å²) in [6.07, 6.45) is 0. The molecule has 6 heteroatoms. The summed E-state index contributed by atoms with van der Waals surface area (Å²) in [5, 5.41) is 2.89. The lowest BCUT2D eigenvalue weighted by molar-refractivity contribution is -0.121. The predicted octanol–water partition coefficient (Wildman–Crippen LogP) is 2.21. The zero-order chi connectivity index (χ0) is 19.4. The van der Waals surface area contributed by atoms with Crippen molar-refractivity contribution in [3.8, 4) is 5.75 Å². The first kappa shape index (κ1) is 18.9. The Hall–Kier alpha value is -2.86. The first-order valence-corrected chi connectivity index (χ1v) is 9.00. The van der Waals surface area contributed by atoms with Crippen LogP contribution in [-0.2, 0) is 11.3 Å². The first-order valence-electron chi connectivity index (χ1n) is 9.00. The first-order chi connectivity index (χ1) is 12.9. The average molecular weight is 367 g/mol. The Morgan fingerprint density at radius 1 is 1.19 bits per heavy atom. The van der Waals surface area contributed by atoms with Gasteiger partial charge in [-0.2, -0.15) is 0 Å². The summed E-state index contributed by atoms with van der Waals surface area (Å²) in [7, 11) is 3.93. The molecule has 1 aliphatic rings. The van der Waals surface area contributed by atoms with E-state index in [1.807, 2.05) is 56.3 Å². The van der Waals surface area contributed by atoms with Gasteiger partial charge in [-0.15, -0.1) is 0 Å². The van der Waals surface area contributed by atoms with Crippen molar-refractivity contribution in [3.63, 3.8) is 0 Å². The molecule has 0 unspecified atom stereocenters. The van der Waals surface area contributed by atoms with E-state index < -0.39 is 0 Å². The fourth-order valence-electron chi connectivity index (χ4n) is 2.92. The number of fused-ring (bicyclic) bond motifs is 1. The van der Waals surface area contributed by atoms with Crippen LogP contribution in [0.4, 0.5) is 5.69 Å². The molecule has 2 amide bonds. The van der Waals surface area contributed by atoms with Crippen molar-refractivity contribution in [2.24, 2.45) is 0 Å². The molecule has 3 rings (SSSR count).